The van der Waals surface area contributed by atoms with E-state index < -0.39 is 11.2 Å². The molecule has 1 atom stereocenters. The van der Waals surface area contributed by atoms with Crippen LogP contribution in [0.25, 0.3) is 0 Å². The third-order valence-electron chi connectivity index (χ3n) is 3.99. The van der Waals surface area contributed by atoms with Crippen LogP contribution < -0.4 is 9.47 Å². The summed E-state index contributed by atoms with van der Waals surface area (Å²) < 4.78 is 16.4. The van der Waals surface area contributed by atoms with Crippen molar-refractivity contribution in [2.24, 2.45) is 5.10 Å². The van der Waals surface area contributed by atoms with Crippen LogP contribution in [-0.4, -0.2) is 36.0 Å². The van der Waals surface area contributed by atoms with Crippen LogP contribution in [0.2, 0.25) is 0 Å². The minimum Gasteiger partial charge on any atom is -0.493 e. The van der Waals surface area contributed by atoms with Crippen molar-refractivity contribution < 1.29 is 23.9 Å². The highest BCUT2D eigenvalue weighted by molar-refractivity contribution is 5.97. The smallest absolute Gasteiger partial charge is 0.269 e. The zero-order valence-electron chi connectivity index (χ0n) is 14.9. The van der Waals surface area contributed by atoms with E-state index in [0.29, 0.717) is 22.6 Å². The minimum absolute atomic E-state index is 0.0489. The second kappa shape index (κ2) is 7.32. The van der Waals surface area contributed by atoms with Crippen LogP contribution in [0, 0.1) is 10.1 Å². The molecule has 0 aromatic heterocycles. The first-order valence-corrected chi connectivity index (χ1v) is 7.96. The molecule has 1 amide bonds. The van der Waals surface area contributed by atoms with Crippen molar-refractivity contribution >= 4 is 17.5 Å². The SMILES string of the molecule is COc1ccc(C2=NN(C(C)=O)C(c3ccc([N+](=O)[O-])cc3)O2)cc1OC. The molecule has 9 nitrogen and oxygen atoms in total. The first-order valence-electron chi connectivity index (χ1n) is 7.96. The van der Waals surface area contributed by atoms with Crippen molar-refractivity contribution in [1.82, 2.24) is 5.01 Å². The highest BCUT2D eigenvalue weighted by Gasteiger charge is 2.33. The van der Waals surface area contributed by atoms with Gasteiger partial charge in [-0.15, -0.1) is 5.10 Å². The Labute approximate surface area is 154 Å². The van der Waals surface area contributed by atoms with Gasteiger partial charge < -0.3 is 14.2 Å². The van der Waals surface area contributed by atoms with Crippen LogP contribution in [0.5, 0.6) is 11.5 Å². The topological polar surface area (TPSA) is 104 Å². The lowest BCUT2D eigenvalue weighted by Gasteiger charge is -2.19. The van der Waals surface area contributed by atoms with E-state index in [1.165, 1.54) is 50.4 Å². The van der Waals surface area contributed by atoms with Crippen LogP contribution in [0.15, 0.2) is 47.6 Å². The van der Waals surface area contributed by atoms with E-state index in [4.69, 9.17) is 14.2 Å². The zero-order valence-corrected chi connectivity index (χ0v) is 14.9. The lowest BCUT2D eigenvalue weighted by molar-refractivity contribution is -0.384. The van der Waals surface area contributed by atoms with Crippen molar-refractivity contribution in [1.29, 1.82) is 0 Å². The Morgan fingerprint density at radius 3 is 2.37 bits per heavy atom. The summed E-state index contributed by atoms with van der Waals surface area (Å²) in [7, 11) is 3.05. The molecule has 0 aliphatic carbocycles. The van der Waals surface area contributed by atoms with E-state index in [9.17, 15) is 14.9 Å². The predicted molar refractivity (Wildman–Crippen MR) is 95.5 cm³/mol. The third-order valence-corrected chi connectivity index (χ3v) is 3.99. The van der Waals surface area contributed by atoms with Crippen LogP contribution in [0.1, 0.15) is 24.3 Å². The highest BCUT2D eigenvalue weighted by Crippen LogP contribution is 2.34. The average molecular weight is 371 g/mol. The summed E-state index contributed by atoms with van der Waals surface area (Å²) in [5.74, 6) is 0.952. The molecule has 140 valence electrons. The summed E-state index contributed by atoms with van der Waals surface area (Å²) >= 11 is 0. The fourth-order valence-corrected chi connectivity index (χ4v) is 2.63. The van der Waals surface area contributed by atoms with Crippen molar-refractivity contribution in [2.75, 3.05) is 14.2 Å². The van der Waals surface area contributed by atoms with Crippen molar-refractivity contribution in [3.05, 3.63) is 63.7 Å². The second-order valence-electron chi connectivity index (χ2n) is 5.66. The maximum atomic E-state index is 12.0. The second-order valence-corrected chi connectivity index (χ2v) is 5.66. The van der Waals surface area contributed by atoms with Crippen LogP contribution in [0.3, 0.4) is 0 Å². The summed E-state index contributed by atoms with van der Waals surface area (Å²) in [5, 5.41) is 16.3. The Bertz CT molecular complexity index is 910. The number of amides is 1. The van der Waals surface area contributed by atoms with Gasteiger partial charge in [0, 0.05) is 30.2 Å². The number of nitro groups is 1. The average Bonchev–Trinajstić information content (AvgIpc) is 3.13. The summed E-state index contributed by atoms with van der Waals surface area (Å²) in [5.41, 5.74) is 1.12. The molecule has 0 bridgehead atoms. The number of carbonyl (C=O) groups is 1. The third kappa shape index (κ3) is 3.52. The van der Waals surface area contributed by atoms with E-state index in [1.807, 2.05) is 0 Å². The normalized spacial score (nSPS) is 15.7. The van der Waals surface area contributed by atoms with Crippen molar-refractivity contribution in [3.8, 4) is 11.5 Å². The molecule has 0 radical (unpaired) electrons. The van der Waals surface area contributed by atoms with Gasteiger partial charge in [0.15, 0.2) is 11.5 Å². The quantitative estimate of drug-likeness (QED) is 0.591. The summed E-state index contributed by atoms with van der Waals surface area (Å²) in [6.07, 6.45) is -0.814. The fourth-order valence-electron chi connectivity index (χ4n) is 2.63. The molecule has 2 aromatic rings. The number of nitro benzene ring substituents is 1. The lowest BCUT2D eigenvalue weighted by atomic mass is 10.1. The first-order chi connectivity index (χ1) is 12.9. The molecule has 1 unspecified atom stereocenters. The predicted octanol–water partition coefficient (Wildman–Crippen LogP) is 2.85. The Morgan fingerprint density at radius 2 is 1.81 bits per heavy atom. The molecular weight excluding hydrogens is 354 g/mol. The Balaban J connectivity index is 1.92. The van der Waals surface area contributed by atoms with Gasteiger partial charge in [0.05, 0.1) is 19.1 Å². The van der Waals surface area contributed by atoms with E-state index in [1.54, 1.807) is 18.2 Å². The molecule has 3 rings (SSSR count). The number of hydrogen-bond acceptors (Lipinski definition) is 7. The largest absolute Gasteiger partial charge is 0.493 e. The molecule has 0 saturated carbocycles. The number of nitrogens with zero attached hydrogens (tertiary/aromatic N) is 3. The number of rotatable bonds is 5. The molecule has 1 aliphatic rings. The maximum absolute atomic E-state index is 12.0. The van der Waals surface area contributed by atoms with E-state index in [-0.39, 0.29) is 17.5 Å². The lowest BCUT2D eigenvalue weighted by Crippen LogP contribution is -2.25. The molecule has 0 N–H and O–H groups in total. The van der Waals surface area contributed by atoms with Crippen LogP contribution >= 0.6 is 0 Å². The number of hydrogen-bond donors (Lipinski definition) is 0. The van der Waals surface area contributed by atoms with Gasteiger partial charge in [-0.25, -0.2) is 0 Å². The highest BCUT2D eigenvalue weighted by atomic mass is 16.6. The zero-order chi connectivity index (χ0) is 19.6. The summed E-state index contributed by atoms with van der Waals surface area (Å²) in [6.45, 7) is 1.36. The molecule has 9 heteroatoms. The number of benzene rings is 2. The molecule has 1 aliphatic heterocycles. The minimum atomic E-state index is -0.814. The van der Waals surface area contributed by atoms with Gasteiger partial charge >= 0.3 is 0 Å². The number of non-ortho nitro benzene ring substituents is 1. The number of hydrazone groups is 1. The number of ether oxygens (including phenoxy) is 3. The van der Waals surface area contributed by atoms with E-state index >= 15 is 0 Å². The molecular formula is C18H17N3O6. The van der Waals surface area contributed by atoms with E-state index in [2.05, 4.69) is 5.10 Å². The Morgan fingerprint density at radius 1 is 1.15 bits per heavy atom. The molecule has 0 fully saturated rings. The van der Waals surface area contributed by atoms with Crippen molar-refractivity contribution in [3.63, 3.8) is 0 Å². The molecule has 2 aromatic carbocycles. The Kier molecular flexibility index (Phi) is 4.93. The molecule has 0 saturated heterocycles. The maximum Gasteiger partial charge on any atom is 0.269 e. The molecule has 0 spiro atoms. The van der Waals surface area contributed by atoms with Gasteiger partial charge in [0.2, 0.25) is 18.0 Å². The fraction of sp³-hybridized carbons (Fsp3) is 0.222. The molecule has 27 heavy (non-hydrogen) atoms. The van der Waals surface area contributed by atoms with Crippen LogP contribution in [0.4, 0.5) is 5.69 Å². The number of carbonyl (C=O) groups excluding carboxylic acids is 1. The standard InChI is InChI=1S/C18H17N3O6/c1-11(22)20-18(12-4-7-14(8-5-12)21(23)24)27-17(19-20)13-6-9-15(25-2)16(10-13)26-3/h4-10,18H,1-3H3. The monoisotopic (exact) mass is 371 g/mol. The van der Waals surface area contributed by atoms with Gasteiger partial charge in [0.25, 0.3) is 5.69 Å². The van der Waals surface area contributed by atoms with Gasteiger partial charge in [-0.2, -0.15) is 5.01 Å². The van der Waals surface area contributed by atoms with Gasteiger partial charge in [-0.05, 0) is 30.3 Å². The van der Waals surface area contributed by atoms with Gasteiger partial charge in [0.1, 0.15) is 0 Å². The van der Waals surface area contributed by atoms with E-state index in [0.717, 1.165) is 0 Å². The summed E-state index contributed by atoms with van der Waals surface area (Å²) in [4.78, 5) is 22.3. The van der Waals surface area contributed by atoms with Crippen molar-refractivity contribution in [2.45, 2.75) is 13.2 Å². The van der Waals surface area contributed by atoms with Gasteiger partial charge in [-0.3, -0.25) is 14.9 Å². The Hall–Kier alpha value is -3.62. The molecule has 1 heterocycles. The number of methoxy groups -OCH3 is 2. The summed E-state index contributed by atoms with van der Waals surface area (Å²) in [6, 6.07) is 10.9. The first kappa shape index (κ1) is 18.2. The van der Waals surface area contributed by atoms with Crippen LogP contribution in [-0.2, 0) is 9.53 Å². The van der Waals surface area contributed by atoms with Gasteiger partial charge in [-0.1, -0.05) is 0 Å².